The van der Waals surface area contributed by atoms with Crippen molar-refractivity contribution in [2.24, 2.45) is 0 Å². The molecule has 0 bridgehead atoms. The molecule has 5 heteroatoms. The van der Waals surface area contributed by atoms with Gasteiger partial charge in [0.2, 0.25) is 11.8 Å². The fourth-order valence-corrected chi connectivity index (χ4v) is 2.41. The van der Waals surface area contributed by atoms with E-state index in [0.717, 1.165) is 28.2 Å². The molecule has 0 radical (unpaired) electrons. The molecule has 0 saturated carbocycles. The van der Waals surface area contributed by atoms with Crippen LogP contribution < -0.4 is 9.47 Å². The van der Waals surface area contributed by atoms with E-state index in [4.69, 9.17) is 13.9 Å². The van der Waals surface area contributed by atoms with Crippen LogP contribution in [-0.4, -0.2) is 24.4 Å². The molecule has 1 heterocycles. The first-order valence-electron chi connectivity index (χ1n) is 6.85. The van der Waals surface area contributed by atoms with Crippen molar-refractivity contribution in [2.45, 2.75) is 6.92 Å². The first kappa shape index (κ1) is 14.1. The van der Waals surface area contributed by atoms with E-state index >= 15 is 0 Å². The van der Waals surface area contributed by atoms with Gasteiger partial charge in [0.1, 0.15) is 11.5 Å². The average Bonchev–Trinajstić information content (AvgIpc) is 3.00. The molecule has 0 saturated heterocycles. The van der Waals surface area contributed by atoms with Crippen molar-refractivity contribution >= 4 is 0 Å². The summed E-state index contributed by atoms with van der Waals surface area (Å²) >= 11 is 0. The number of aromatic nitrogens is 2. The van der Waals surface area contributed by atoms with Crippen molar-refractivity contribution in [3.63, 3.8) is 0 Å². The Hall–Kier alpha value is -2.82. The SMILES string of the molecule is COc1cccc(OC)c1-c1ccccc1-c1nnc(C)o1. The van der Waals surface area contributed by atoms with Crippen molar-refractivity contribution in [1.29, 1.82) is 0 Å². The first-order valence-corrected chi connectivity index (χ1v) is 6.85. The van der Waals surface area contributed by atoms with Crippen LogP contribution in [0, 0.1) is 6.92 Å². The van der Waals surface area contributed by atoms with Gasteiger partial charge < -0.3 is 13.9 Å². The van der Waals surface area contributed by atoms with Gasteiger partial charge in [0.25, 0.3) is 0 Å². The van der Waals surface area contributed by atoms with Gasteiger partial charge >= 0.3 is 0 Å². The number of ether oxygens (including phenoxy) is 2. The second-order valence-electron chi connectivity index (χ2n) is 4.71. The maximum absolute atomic E-state index is 5.57. The molecule has 2 aromatic carbocycles. The molecular formula is C17H16N2O3. The van der Waals surface area contributed by atoms with Crippen LogP contribution in [0.4, 0.5) is 0 Å². The lowest BCUT2D eigenvalue weighted by Gasteiger charge is -2.15. The highest BCUT2D eigenvalue weighted by Crippen LogP contribution is 2.42. The lowest BCUT2D eigenvalue weighted by atomic mass is 9.98. The summed E-state index contributed by atoms with van der Waals surface area (Å²) in [5, 5.41) is 8.02. The zero-order valence-electron chi connectivity index (χ0n) is 12.7. The lowest BCUT2D eigenvalue weighted by Crippen LogP contribution is -1.94. The van der Waals surface area contributed by atoms with E-state index in [1.165, 1.54) is 0 Å². The Kier molecular flexibility index (Phi) is 3.78. The molecule has 0 N–H and O–H groups in total. The van der Waals surface area contributed by atoms with Crippen molar-refractivity contribution in [3.8, 4) is 34.1 Å². The van der Waals surface area contributed by atoms with Crippen molar-refractivity contribution in [1.82, 2.24) is 10.2 Å². The van der Waals surface area contributed by atoms with Crippen molar-refractivity contribution in [2.75, 3.05) is 14.2 Å². The van der Waals surface area contributed by atoms with E-state index in [9.17, 15) is 0 Å². The van der Waals surface area contributed by atoms with E-state index in [1.54, 1.807) is 21.1 Å². The molecule has 0 atom stereocenters. The summed E-state index contributed by atoms with van der Waals surface area (Å²) in [6, 6.07) is 13.5. The maximum Gasteiger partial charge on any atom is 0.248 e. The number of benzene rings is 2. The zero-order chi connectivity index (χ0) is 15.5. The van der Waals surface area contributed by atoms with Crippen LogP contribution in [0.3, 0.4) is 0 Å². The van der Waals surface area contributed by atoms with Gasteiger partial charge in [-0.1, -0.05) is 24.3 Å². The fourth-order valence-electron chi connectivity index (χ4n) is 2.41. The number of aryl methyl sites for hydroxylation is 1. The van der Waals surface area contributed by atoms with E-state index in [1.807, 2.05) is 42.5 Å². The van der Waals surface area contributed by atoms with Gasteiger partial charge in [-0.25, -0.2) is 0 Å². The summed E-state index contributed by atoms with van der Waals surface area (Å²) in [5.74, 6) is 2.45. The second kappa shape index (κ2) is 5.89. The van der Waals surface area contributed by atoms with Crippen LogP contribution in [0.5, 0.6) is 11.5 Å². The summed E-state index contributed by atoms with van der Waals surface area (Å²) in [6.45, 7) is 1.77. The third-order valence-electron chi connectivity index (χ3n) is 3.38. The predicted molar refractivity (Wildman–Crippen MR) is 83.0 cm³/mol. The Labute approximate surface area is 128 Å². The van der Waals surface area contributed by atoms with Crippen LogP contribution in [0.25, 0.3) is 22.6 Å². The summed E-state index contributed by atoms with van der Waals surface area (Å²) in [5.41, 5.74) is 2.62. The lowest BCUT2D eigenvalue weighted by molar-refractivity contribution is 0.397. The van der Waals surface area contributed by atoms with Crippen molar-refractivity contribution in [3.05, 3.63) is 48.4 Å². The van der Waals surface area contributed by atoms with Gasteiger partial charge in [0.15, 0.2) is 0 Å². The molecule has 0 unspecified atom stereocenters. The number of methoxy groups -OCH3 is 2. The summed E-state index contributed by atoms with van der Waals surface area (Å²) in [7, 11) is 3.27. The van der Waals surface area contributed by atoms with Crippen LogP contribution in [0.1, 0.15) is 5.89 Å². The number of hydrogen-bond acceptors (Lipinski definition) is 5. The highest BCUT2D eigenvalue weighted by molar-refractivity contribution is 5.86. The van der Waals surface area contributed by atoms with Crippen molar-refractivity contribution < 1.29 is 13.9 Å². The molecule has 0 fully saturated rings. The first-order chi connectivity index (χ1) is 10.7. The predicted octanol–water partition coefficient (Wildman–Crippen LogP) is 3.73. The monoisotopic (exact) mass is 296 g/mol. The number of hydrogen-bond donors (Lipinski definition) is 0. The molecule has 3 rings (SSSR count). The fraction of sp³-hybridized carbons (Fsp3) is 0.176. The molecule has 3 aromatic rings. The molecule has 112 valence electrons. The van der Waals surface area contributed by atoms with Crippen LogP contribution >= 0.6 is 0 Å². The van der Waals surface area contributed by atoms with E-state index in [2.05, 4.69) is 10.2 Å². The van der Waals surface area contributed by atoms with Gasteiger partial charge in [-0.05, 0) is 18.2 Å². The summed E-state index contributed by atoms with van der Waals surface area (Å²) in [4.78, 5) is 0. The Morgan fingerprint density at radius 1 is 0.818 bits per heavy atom. The van der Waals surface area contributed by atoms with Gasteiger partial charge in [0.05, 0.1) is 19.8 Å². The van der Waals surface area contributed by atoms with Gasteiger partial charge in [0, 0.05) is 18.1 Å². The van der Waals surface area contributed by atoms with Crippen LogP contribution in [0.2, 0.25) is 0 Å². The Bertz CT molecular complexity index is 774. The maximum atomic E-state index is 5.57. The molecule has 0 aliphatic rings. The molecule has 1 aromatic heterocycles. The quantitative estimate of drug-likeness (QED) is 0.734. The third kappa shape index (κ3) is 2.41. The number of nitrogens with zero attached hydrogens (tertiary/aromatic N) is 2. The second-order valence-corrected chi connectivity index (χ2v) is 4.71. The van der Waals surface area contributed by atoms with Crippen LogP contribution in [-0.2, 0) is 0 Å². The minimum atomic E-state index is 0.473. The topological polar surface area (TPSA) is 57.4 Å². The Balaban J connectivity index is 2.26. The van der Waals surface area contributed by atoms with Crippen LogP contribution in [0.15, 0.2) is 46.9 Å². The standard InChI is InChI=1S/C17H16N2O3/c1-11-18-19-17(22-11)13-8-5-4-7-12(13)16-14(20-2)9-6-10-15(16)21-3/h4-10H,1-3H3. The average molecular weight is 296 g/mol. The minimum absolute atomic E-state index is 0.473. The highest BCUT2D eigenvalue weighted by atomic mass is 16.5. The Morgan fingerprint density at radius 3 is 2.00 bits per heavy atom. The van der Waals surface area contributed by atoms with E-state index in [-0.39, 0.29) is 0 Å². The molecular weight excluding hydrogens is 280 g/mol. The number of rotatable bonds is 4. The van der Waals surface area contributed by atoms with Gasteiger partial charge in [-0.15, -0.1) is 10.2 Å². The molecule has 22 heavy (non-hydrogen) atoms. The zero-order valence-corrected chi connectivity index (χ0v) is 12.7. The smallest absolute Gasteiger partial charge is 0.248 e. The molecule has 0 spiro atoms. The normalized spacial score (nSPS) is 10.5. The van der Waals surface area contributed by atoms with E-state index in [0.29, 0.717) is 11.8 Å². The largest absolute Gasteiger partial charge is 0.496 e. The molecule has 5 nitrogen and oxygen atoms in total. The minimum Gasteiger partial charge on any atom is -0.496 e. The molecule has 0 amide bonds. The summed E-state index contributed by atoms with van der Waals surface area (Å²) in [6.07, 6.45) is 0. The van der Waals surface area contributed by atoms with Gasteiger partial charge in [-0.3, -0.25) is 0 Å². The molecule has 0 aliphatic heterocycles. The Morgan fingerprint density at radius 2 is 1.45 bits per heavy atom. The summed E-state index contributed by atoms with van der Waals surface area (Å²) < 4.78 is 16.6. The van der Waals surface area contributed by atoms with Gasteiger partial charge in [-0.2, -0.15) is 0 Å². The third-order valence-corrected chi connectivity index (χ3v) is 3.38. The highest BCUT2D eigenvalue weighted by Gasteiger charge is 2.18. The van der Waals surface area contributed by atoms with E-state index < -0.39 is 0 Å². The molecule has 0 aliphatic carbocycles.